The highest BCUT2D eigenvalue weighted by atomic mass is 35.5. The lowest BCUT2D eigenvalue weighted by molar-refractivity contribution is 1.32. The van der Waals surface area contributed by atoms with Gasteiger partial charge in [0.05, 0.1) is 10.6 Å². The minimum absolute atomic E-state index is 0.463. The third kappa shape index (κ3) is 2.98. The average molecular weight is 287 g/mol. The van der Waals surface area contributed by atoms with E-state index in [1.54, 1.807) is 36.3 Å². The van der Waals surface area contributed by atoms with Gasteiger partial charge < -0.3 is 0 Å². The fourth-order valence-corrected chi connectivity index (χ4v) is 2.70. The van der Waals surface area contributed by atoms with E-state index in [2.05, 4.69) is 11.1 Å². The predicted molar refractivity (Wildman–Crippen MR) is 80.7 cm³/mol. The van der Waals surface area contributed by atoms with Crippen LogP contribution in [0, 0.1) is 11.3 Å². The number of allylic oxidation sites excluding steroid dienone is 1. The van der Waals surface area contributed by atoms with Crippen molar-refractivity contribution < 1.29 is 0 Å². The number of nitriles is 1. The van der Waals surface area contributed by atoms with Crippen LogP contribution in [-0.2, 0) is 0 Å². The first kappa shape index (κ1) is 13.7. The minimum atomic E-state index is 0.463. The van der Waals surface area contributed by atoms with Crippen LogP contribution in [-0.4, -0.2) is 11.2 Å². The molecule has 0 aliphatic heterocycles. The highest BCUT2D eigenvalue weighted by Gasteiger charge is 2.12. The lowest BCUT2D eigenvalue weighted by Crippen LogP contribution is -1.88. The summed E-state index contributed by atoms with van der Waals surface area (Å²) >= 11 is 8.02. The summed E-state index contributed by atoms with van der Waals surface area (Å²) in [7, 11) is 0. The normalized spacial score (nSPS) is 11.6. The molecule has 2 nitrogen and oxygen atoms in total. The lowest BCUT2D eigenvalue weighted by Gasteiger charge is -2.08. The summed E-state index contributed by atoms with van der Waals surface area (Å²) in [4.78, 5) is 5.00. The molecule has 1 heterocycles. The molecule has 0 saturated heterocycles. The van der Waals surface area contributed by atoms with Gasteiger partial charge in [-0.1, -0.05) is 29.8 Å². The Balaban J connectivity index is 2.59. The molecule has 1 aromatic heterocycles. The van der Waals surface area contributed by atoms with Gasteiger partial charge in [0.2, 0.25) is 0 Å². The topological polar surface area (TPSA) is 36.7 Å². The molecule has 0 fully saturated rings. The van der Waals surface area contributed by atoms with Crippen LogP contribution in [0.5, 0.6) is 0 Å². The molecule has 1 aromatic carbocycles. The Bertz CT molecular complexity index is 645. The van der Waals surface area contributed by atoms with E-state index in [1.165, 1.54) is 0 Å². The van der Waals surface area contributed by atoms with Crippen LogP contribution in [0.4, 0.5) is 0 Å². The molecule has 0 atom stereocenters. The van der Waals surface area contributed by atoms with E-state index in [1.807, 2.05) is 30.5 Å². The summed E-state index contributed by atoms with van der Waals surface area (Å²) in [6.45, 7) is 0. The van der Waals surface area contributed by atoms with Crippen LogP contribution in [0.15, 0.2) is 53.7 Å². The Morgan fingerprint density at radius 2 is 1.89 bits per heavy atom. The Labute approximate surface area is 121 Å². The van der Waals surface area contributed by atoms with E-state index in [4.69, 9.17) is 11.6 Å². The van der Waals surface area contributed by atoms with Crippen LogP contribution >= 0.6 is 23.4 Å². The van der Waals surface area contributed by atoms with Crippen LogP contribution in [0.3, 0.4) is 0 Å². The molecule has 0 N–H and O–H groups in total. The Morgan fingerprint density at radius 3 is 2.53 bits per heavy atom. The fraction of sp³-hybridized carbons (Fsp3) is 0.0667. The number of nitrogens with zero attached hydrogens (tertiary/aromatic N) is 2. The first-order valence-electron chi connectivity index (χ1n) is 5.61. The molecule has 0 aliphatic carbocycles. The second-order valence-corrected chi connectivity index (χ2v) is 4.96. The number of aromatic nitrogens is 1. The van der Waals surface area contributed by atoms with E-state index >= 15 is 0 Å². The molecule has 94 valence electrons. The molecule has 0 spiro atoms. The van der Waals surface area contributed by atoms with Gasteiger partial charge in [0.15, 0.2) is 0 Å². The quantitative estimate of drug-likeness (QED) is 0.618. The molecule has 2 aromatic rings. The summed E-state index contributed by atoms with van der Waals surface area (Å²) in [6, 6.07) is 13.5. The minimum Gasteiger partial charge on any atom is -0.265 e. The summed E-state index contributed by atoms with van der Waals surface area (Å²) < 4.78 is 0. The van der Waals surface area contributed by atoms with Crippen molar-refractivity contribution >= 4 is 34.0 Å². The standard InChI is InChI=1S/C15H11ClN2S/c1-19-14-5-3-2-4-12(14)15(16)13(10-17)11-6-8-18-9-7-11/h2-9H,1H3/b15-13+. The molecule has 0 amide bonds. The molecule has 0 saturated carbocycles. The summed E-state index contributed by atoms with van der Waals surface area (Å²) in [5.74, 6) is 0. The summed E-state index contributed by atoms with van der Waals surface area (Å²) in [6.07, 6.45) is 5.29. The molecule has 4 heteroatoms. The van der Waals surface area contributed by atoms with Gasteiger partial charge in [0.25, 0.3) is 0 Å². The van der Waals surface area contributed by atoms with Gasteiger partial charge in [-0.25, -0.2) is 0 Å². The van der Waals surface area contributed by atoms with Crippen molar-refractivity contribution in [2.75, 3.05) is 6.26 Å². The van der Waals surface area contributed by atoms with Gasteiger partial charge >= 0.3 is 0 Å². The van der Waals surface area contributed by atoms with Gasteiger partial charge in [-0.05, 0) is 30.0 Å². The third-order valence-corrected chi connectivity index (χ3v) is 3.83. The third-order valence-electron chi connectivity index (χ3n) is 2.64. The van der Waals surface area contributed by atoms with Crippen LogP contribution in [0.2, 0.25) is 0 Å². The van der Waals surface area contributed by atoms with Crippen molar-refractivity contribution in [2.24, 2.45) is 0 Å². The van der Waals surface area contributed by atoms with E-state index in [-0.39, 0.29) is 0 Å². The van der Waals surface area contributed by atoms with E-state index in [0.717, 1.165) is 16.0 Å². The second-order valence-electron chi connectivity index (χ2n) is 3.74. The maximum absolute atomic E-state index is 9.36. The largest absolute Gasteiger partial charge is 0.265 e. The van der Waals surface area contributed by atoms with Crippen molar-refractivity contribution in [1.29, 1.82) is 5.26 Å². The van der Waals surface area contributed by atoms with Crippen LogP contribution < -0.4 is 0 Å². The molecule has 19 heavy (non-hydrogen) atoms. The molecular weight excluding hydrogens is 276 g/mol. The van der Waals surface area contributed by atoms with Crippen molar-refractivity contribution in [3.63, 3.8) is 0 Å². The van der Waals surface area contributed by atoms with Gasteiger partial charge in [0.1, 0.15) is 6.07 Å². The average Bonchev–Trinajstić information content (AvgIpc) is 2.49. The smallest absolute Gasteiger partial charge is 0.101 e. The first-order chi connectivity index (χ1) is 9.27. The zero-order valence-corrected chi connectivity index (χ0v) is 11.9. The van der Waals surface area contributed by atoms with Gasteiger partial charge in [0, 0.05) is 22.9 Å². The maximum atomic E-state index is 9.36. The molecule has 0 unspecified atom stereocenters. The van der Waals surface area contributed by atoms with Gasteiger partial charge in [-0.3, -0.25) is 4.98 Å². The Kier molecular flexibility index (Phi) is 4.62. The number of benzene rings is 1. The number of pyridine rings is 1. The van der Waals surface area contributed by atoms with Gasteiger partial charge in [-0.2, -0.15) is 5.26 Å². The molecular formula is C15H11ClN2S. The highest BCUT2D eigenvalue weighted by Crippen LogP contribution is 2.34. The number of rotatable bonds is 3. The summed E-state index contributed by atoms with van der Waals surface area (Å²) in [5.41, 5.74) is 2.12. The molecule has 2 rings (SSSR count). The Morgan fingerprint density at radius 1 is 1.21 bits per heavy atom. The fourth-order valence-electron chi connectivity index (χ4n) is 1.72. The van der Waals surface area contributed by atoms with Crippen molar-refractivity contribution in [2.45, 2.75) is 4.90 Å². The van der Waals surface area contributed by atoms with E-state index in [9.17, 15) is 5.26 Å². The van der Waals surface area contributed by atoms with Crippen LogP contribution in [0.25, 0.3) is 10.6 Å². The van der Waals surface area contributed by atoms with Crippen molar-refractivity contribution in [3.8, 4) is 6.07 Å². The monoisotopic (exact) mass is 286 g/mol. The maximum Gasteiger partial charge on any atom is 0.101 e. The SMILES string of the molecule is CSc1ccccc1/C(Cl)=C(/C#N)c1ccncc1. The predicted octanol–water partition coefficient (Wildman–Crippen LogP) is 4.43. The molecule has 0 bridgehead atoms. The van der Waals surface area contributed by atoms with Gasteiger partial charge in [-0.15, -0.1) is 11.8 Å². The van der Waals surface area contributed by atoms with E-state index in [0.29, 0.717) is 10.6 Å². The second kappa shape index (κ2) is 6.42. The number of halogens is 1. The number of hydrogen-bond acceptors (Lipinski definition) is 3. The van der Waals surface area contributed by atoms with Crippen molar-refractivity contribution in [3.05, 3.63) is 59.9 Å². The Hall–Kier alpha value is -1.76. The molecule has 0 radical (unpaired) electrons. The van der Waals surface area contributed by atoms with Crippen molar-refractivity contribution in [1.82, 2.24) is 4.98 Å². The number of hydrogen-bond donors (Lipinski definition) is 0. The zero-order valence-electron chi connectivity index (χ0n) is 10.3. The van der Waals surface area contributed by atoms with E-state index < -0.39 is 0 Å². The molecule has 0 aliphatic rings. The van der Waals surface area contributed by atoms with Crippen LogP contribution in [0.1, 0.15) is 11.1 Å². The highest BCUT2D eigenvalue weighted by molar-refractivity contribution is 7.98. The lowest BCUT2D eigenvalue weighted by atomic mass is 10.0. The summed E-state index contributed by atoms with van der Waals surface area (Å²) in [5, 5.41) is 9.83. The number of thioether (sulfide) groups is 1. The first-order valence-corrected chi connectivity index (χ1v) is 7.22. The zero-order chi connectivity index (χ0) is 13.7.